The number of rotatable bonds is 5. The van der Waals surface area contributed by atoms with Crippen molar-refractivity contribution in [3.05, 3.63) is 18.4 Å². The van der Waals surface area contributed by atoms with Crippen LogP contribution >= 0.6 is 11.8 Å². The second-order valence-electron chi connectivity index (χ2n) is 6.29. The summed E-state index contributed by atoms with van der Waals surface area (Å²) in [6, 6.07) is 3.80. The molecule has 0 aliphatic heterocycles. The van der Waals surface area contributed by atoms with Crippen LogP contribution in [-0.2, 0) is 4.79 Å². The fourth-order valence-corrected chi connectivity index (χ4v) is 3.75. The van der Waals surface area contributed by atoms with Crippen molar-refractivity contribution in [3.8, 4) is 11.6 Å². The monoisotopic (exact) mass is 349 g/mol. The highest BCUT2D eigenvalue weighted by molar-refractivity contribution is 8.00. The molecule has 1 saturated carbocycles. The average molecular weight is 349 g/mol. The zero-order valence-electron chi connectivity index (χ0n) is 13.9. The molecule has 3 atom stereocenters. The van der Waals surface area contributed by atoms with Crippen LogP contribution in [0.1, 0.15) is 39.5 Å². The number of nitrogens with two attached hydrogens (primary N) is 1. The molecule has 8 heteroatoms. The highest BCUT2D eigenvalue weighted by Crippen LogP contribution is 2.27. The lowest BCUT2D eigenvalue weighted by Gasteiger charge is -2.30. The van der Waals surface area contributed by atoms with Crippen molar-refractivity contribution in [2.24, 2.45) is 5.92 Å². The zero-order valence-corrected chi connectivity index (χ0v) is 14.8. The van der Waals surface area contributed by atoms with Gasteiger partial charge in [0.05, 0.1) is 11.5 Å². The molecule has 2 heterocycles. The summed E-state index contributed by atoms with van der Waals surface area (Å²) in [6.45, 7) is 4.06. The number of hydrogen-bond acceptors (Lipinski definition) is 6. The summed E-state index contributed by atoms with van der Waals surface area (Å²) >= 11 is 1.30. The van der Waals surface area contributed by atoms with Gasteiger partial charge in [0.15, 0.2) is 5.76 Å². The van der Waals surface area contributed by atoms with Crippen LogP contribution in [0.15, 0.2) is 28.0 Å². The predicted octanol–water partition coefficient (Wildman–Crippen LogP) is 2.43. The first kappa shape index (κ1) is 16.9. The summed E-state index contributed by atoms with van der Waals surface area (Å²) in [4.78, 5) is 12.5. The molecule has 1 aliphatic rings. The summed E-state index contributed by atoms with van der Waals surface area (Å²) in [6.07, 6.45) is 6.22. The van der Waals surface area contributed by atoms with Crippen molar-refractivity contribution < 1.29 is 9.21 Å². The quantitative estimate of drug-likeness (QED) is 0.635. The molecule has 0 unspecified atom stereocenters. The molecule has 0 spiro atoms. The molecule has 0 radical (unpaired) electrons. The van der Waals surface area contributed by atoms with Crippen molar-refractivity contribution in [1.82, 2.24) is 20.2 Å². The van der Waals surface area contributed by atoms with Crippen molar-refractivity contribution in [1.29, 1.82) is 0 Å². The largest absolute Gasteiger partial charge is 0.461 e. The Balaban J connectivity index is 1.62. The number of carbonyl (C=O) groups is 1. The van der Waals surface area contributed by atoms with Gasteiger partial charge < -0.3 is 15.6 Å². The summed E-state index contributed by atoms with van der Waals surface area (Å²) in [5, 5.41) is 11.5. The van der Waals surface area contributed by atoms with E-state index >= 15 is 0 Å². The van der Waals surface area contributed by atoms with Gasteiger partial charge in [0.1, 0.15) is 0 Å². The summed E-state index contributed by atoms with van der Waals surface area (Å²) in [5.74, 6) is 7.56. The zero-order chi connectivity index (χ0) is 17.1. The first-order chi connectivity index (χ1) is 11.6. The third-order valence-electron chi connectivity index (χ3n) is 4.50. The number of furan rings is 1. The highest BCUT2D eigenvalue weighted by Gasteiger charge is 2.26. The Morgan fingerprint density at radius 3 is 2.96 bits per heavy atom. The molecule has 3 N–H and O–H groups in total. The van der Waals surface area contributed by atoms with Crippen molar-refractivity contribution in [3.63, 3.8) is 0 Å². The number of amides is 1. The Bertz CT molecular complexity index is 685. The molecule has 24 heavy (non-hydrogen) atoms. The van der Waals surface area contributed by atoms with Crippen molar-refractivity contribution >= 4 is 17.7 Å². The molecule has 1 aliphatic carbocycles. The fraction of sp³-hybridized carbons (Fsp3) is 0.562. The normalized spacial score (nSPS) is 22.2. The van der Waals surface area contributed by atoms with Crippen LogP contribution in [0.4, 0.5) is 0 Å². The molecule has 0 saturated heterocycles. The molecule has 0 aromatic carbocycles. The number of hydrogen-bond donors (Lipinski definition) is 2. The molecule has 130 valence electrons. The molecular weight excluding hydrogens is 326 g/mol. The molecule has 1 amide bonds. The Morgan fingerprint density at radius 2 is 2.25 bits per heavy atom. The minimum absolute atomic E-state index is 0.0151. The Kier molecular flexibility index (Phi) is 5.13. The molecule has 2 aromatic heterocycles. The number of nitrogen functional groups attached to an aromatic ring is 1. The maximum Gasteiger partial charge on any atom is 0.233 e. The molecule has 7 nitrogen and oxygen atoms in total. The topological polar surface area (TPSA) is 99.0 Å². The van der Waals surface area contributed by atoms with Gasteiger partial charge in [-0.2, -0.15) is 0 Å². The van der Waals surface area contributed by atoms with Gasteiger partial charge >= 0.3 is 0 Å². The SMILES string of the molecule is C[C@@H](Sc1nnc(-c2ccco2)n1N)C(=O)N[C@@H]1CCCC[C@@H]1C. The fourth-order valence-electron chi connectivity index (χ4n) is 2.97. The highest BCUT2D eigenvalue weighted by atomic mass is 32.2. The van der Waals surface area contributed by atoms with E-state index in [0.29, 0.717) is 22.7 Å². The van der Waals surface area contributed by atoms with E-state index in [2.05, 4.69) is 22.4 Å². The van der Waals surface area contributed by atoms with E-state index < -0.39 is 0 Å². The Hall–Kier alpha value is -1.96. The first-order valence-electron chi connectivity index (χ1n) is 8.27. The van der Waals surface area contributed by atoms with Crippen LogP contribution in [-0.4, -0.2) is 32.1 Å². The average Bonchev–Trinajstić information content (AvgIpc) is 3.20. The lowest BCUT2D eigenvalue weighted by molar-refractivity contribution is -0.121. The van der Waals surface area contributed by atoms with E-state index in [-0.39, 0.29) is 17.2 Å². The molecule has 0 bridgehead atoms. The third kappa shape index (κ3) is 3.58. The van der Waals surface area contributed by atoms with Gasteiger partial charge in [0.2, 0.25) is 16.9 Å². The third-order valence-corrected chi connectivity index (χ3v) is 5.55. The number of nitrogens with one attached hydrogen (secondary N) is 1. The first-order valence-corrected chi connectivity index (χ1v) is 9.15. The molecule has 3 rings (SSSR count). The maximum absolute atomic E-state index is 12.5. The van der Waals surface area contributed by atoms with Crippen LogP contribution in [0.2, 0.25) is 0 Å². The van der Waals surface area contributed by atoms with E-state index in [0.717, 1.165) is 6.42 Å². The number of carbonyl (C=O) groups excluding carboxylic acids is 1. The second-order valence-corrected chi connectivity index (χ2v) is 7.60. The van der Waals surface area contributed by atoms with Gasteiger partial charge in [-0.25, -0.2) is 4.68 Å². The number of thioether (sulfide) groups is 1. The van der Waals surface area contributed by atoms with Gasteiger partial charge in [-0.3, -0.25) is 4.79 Å². The van der Waals surface area contributed by atoms with Gasteiger partial charge in [0.25, 0.3) is 0 Å². The van der Waals surface area contributed by atoms with Crippen LogP contribution in [0, 0.1) is 5.92 Å². The van der Waals surface area contributed by atoms with E-state index in [4.69, 9.17) is 10.3 Å². The minimum Gasteiger partial charge on any atom is -0.461 e. The predicted molar refractivity (Wildman–Crippen MR) is 92.8 cm³/mol. The smallest absolute Gasteiger partial charge is 0.233 e. The molecule has 1 fully saturated rings. The summed E-state index contributed by atoms with van der Waals surface area (Å²) < 4.78 is 6.64. The molecule has 2 aromatic rings. The van der Waals surface area contributed by atoms with Crippen LogP contribution in [0.3, 0.4) is 0 Å². The van der Waals surface area contributed by atoms with Crippen LogP contribution in [0.5, 0.6) is 0 Å². The van der Waals surface area contributed by atoms with E-state index in [9.17, 15) is 4.79 Å². The molecular formula is C16H23N5O2S. The Morgan fingerprint density at radius 1 is 1.46 bits per heavy atom. The van der Waals surface area contributed by atoms with E-state index in [1.54, 1.807) is 18.4 Å². The van der Waals surface area contributed by atoms with E-state index in [1.165, 1.54) is 35.7 Å². The lowest BCUT2D eigenvalue weighted by atomic mass is 9.86. The van der Waals surface area contributed by atoms with Crippen LogP contribution in [0.25, 0.3) is 11.6 Å². The maximum atomic E-state index is 12.5. The van der Waals surface area contributed by atoms with Gasteiger partial charge in [-0.05, 0) is 37.8 Å². The summed E-state index contributed by atoms with van der Waals surface area (Å²) in [7, 11) is 0. The van der Waals surface area contributed by atoms with Crippen LogP contribution < -0.4 is 11.2 Å². The van der Waals surface area contributed by atoms with Crippen molar-refractivity contribution in [2.75, 3.05) is 5.84 Å². The minimum atomic E-state index is -0.296. The second kappa shape index (κ2) is 7.29. The number of nitrogens with zero attached hydrogens (tertiary/aromatic N) is 3. The van der Waals surface area contributed by atoms with Gasteiger partial charge in [0, 0.05) is 6.04 Å². The summed E-state index contributed by atoms with van der Waals surface area (Å²) in [5.41, 5.74) is 0. The van der Waals surface area contributed by atoms with Crippen molar-refractivity contribution in [2.45, 2.75) is 56.0 Å². The Labute approximate surface area is 145 Å². The van der Waals surface area contributed by atoms with Gasteiger partial charge in [-0.1, -0.05) is 31.5 Å². The lowest BCUT2D eigenvalue weighted by Crippen LogP contribution is -2.44. The van der Waals surface area contributed by atoms with E-state index in [1.807, 2.05) is 6.92 Å². The van der Waals surface area contributed by atoms with Gasteiger partial charge in [-0.15, -0.1) is 10.2 Å². The number of aromatic nitrogens is 3. The standard InChI is InChI=1S/C16H23N5O2S/c1-10-6-3-4-7-12(10)18-15(22)11(2)24-16-20-19-14(21(16)17)13-8-5-9-23-13/h5,8-12H,3-4,6-7,17H2,1-2H3,(H,18,22)/t10-,11+,12+/m0/s1.